The first-order valence-electron chi connectivity index (χ1n) is 9.96. The molecule has 1 atom stereocenters. The standard InChI is InChI=1S/C21H17FN10O/c1-13(9-31-12-26-28-29-31)33-19-7-14(3-4-15(19)22)16-5-6-17-20(27-16)32(11-24-17)21-18(8-23)30(2)10-25-21/h3-7,10-13H,9H2,1-2H3/t13-/m0/s1. The predicted octanol–water partition coefficient (Wildman–Crippen LogP) is 2.29. The zero-order valence-corrected chi connectivity index (χ0v) is 17.7. The van der Waals surface area contributed by atoms with E-state index in [2.05, 4.69) is 31.6 Å². The number of imidazole rings is 2. The van der Waals surface area contributed by atoms with Crippen molar-refractivity contribution in [1.29, 1.82) is 5.26 Å². The summed E-state index contributed by atoms with van der Waals surface area (Å²) in [4.78, 5) is 13.4. The minimum absolute atomic E-state index is 0.0972. The van der Waals surface area contributed by atoms with Gasteiger partial charge in [0.25, 0.3) is 0 Å². The van der Waals surface area contributed by atoms with Crippen LogP contribution in [0.4, 0.5) is 4.39 Å². The van der Waals surface area contributed by atoms with Gasteiger partial charge in [0.05, 0.1) is 18.6 Å². The van der Waals surface area contributed by atoms with Crippen molar-refractivity contribution in [3.05, 3.63) is 60.8 Å². The lowest BCUT2D eigenvalue weighted by molar-refractivity contribution is 0.185. The van der Waals surface area contributed by atoms with E-state index in [1.807, 2.05) is 6.07 Å². The highest BCUT2D eigenvalue weighted by Gasteiger charge is 2.16. The van der Waals surface area contributed by atoms with Crippen LogP contribution in [0.3, 0.4) is 0 Å². The summed E-state index contributed by atoms with van der Waals surface area (Å²) in [6.07, 6.45) is 4.23. The molecule has 5 rings (SSSR count). The zero-order chi connectivity index (χ0) is 22.9. The van der Waals surface area contributed by atoms with Crippen LogP contribution in [-0.2, 0) is 13.6 Å². The summed E-state index contributed by atoms with van der Waals surface area (Å²) in [5, 5.41) is 20.4. The van der Waals surface area contributed by atoms with Crippen LogP contribution in [0.5, 0.6) is 5.75 Å². The topological polar surface area (TPSA) is 125 Å². The quantitative estimate of drug-likeness (QED) is 0.391. The van der Waals surface area contributed by atoms with Crippen molar-refractivity contribution in [2.75, 3.05) is 0 Å². The Morgan fingerprint density at radius 1 is 1.15 bits per heavy atom. The van der Waals surface area contributed by atoms with Gasteiger partial charge in [0.1, 0.15) is 30.3 Å². The van der Waals surface area contributed by atoms with E-state index in [9.17, 15) is 9.65 Å². The molecule has 0 fully saturated rings. The number of pyridine rings is 1. The van der Waals surface area contributed by atoms with E-state index < -0.39 is 5.82 Å². The van der Waals surface area contributed by atoms with Gasteiger partial charge in [-0.25, -0.2) is 24.0 Å². The summed E-state index contributed by atoms with van der Waals surface area (Å²) in [5.74, 6) is 0.0484. The molecule has 0 saturated carbocycles. The lowest BCUT2D eigenvalue weighted by Crippen LogP contribution is -2.20. The van der Waals surface area contributed by atoms with Crippen molar-refractivity contribution in [3.63, 3.8) is 0 Å². The van der Waals surface area contributed by atoms with E-state index in [1.165, 1.54) is 17.1 Å². The van der Waals surface area contributed by atoms with Crippen molar-refractivity contribution in [1.82, 2.24) is 44.3 Å². The molecule has 0 saturated heterocycles. The highest BCUT2D eigenvalue weighted by Crippen LogP contribution is 2.28. The summed E-state index contributed by atoms with van der Waals surface area (Å²) in [5.41, 5.74) is 2.81. The first-order chi connectivity index (χ1) is 16.0. The number of nitriles is 1. The molecule has 0 aliphatic rings. The number of nitrogens with zero attached hydrogens (tertiary/aromatic N) is 10. The molecule has 11 nitrogen and oxygen atoms in total. The van der Waals surface area contributed by atoms with E-state index in [4.69, 9.17) is 9.72 Å². The van der Waals surface area contributed by atoms with Gasteiger partial charge in [0.2, 0.25) is 0 Å². The average Bonchev–Trinajstić information content (AvgIpc) is 3.54. The zero-order valence-electron chi connectivity index (χ0n) is 17.7. The second-order valence-corrected chi connectivity index (χ2v) is 7.40. The number of aromatic nitrogens is 9. The van der Waals surface area contributed by atoms with Gasteiger partial charge >= 0.3 is 0 Å². The van der Waals surface area contributed by atoms with E-state index in [1.54, 1.807) is 54.0 Å². The molecule has 4 heterocycles. The molecule has 0 aliphatic carbocycles. The van der Waals surface area contributed by atoms with Crippen LogP contribution in [0.2, 0.25) is 0 Å². The van der Waals surface area contributed by atoms with Gasteiger partial charge in [-0.05, 0) is 47.7 Å². The normalized spacial score (nSPS) is 12.1. The molecule has 0 amide bonds. The first-order valence-corrected chi connectivity index (χ1v) is 9.96. The van der Waals surface area contributed by atoms with Crippen LogP contribution in [0.25, 0.3) is 28.2 Å². The Hall–Kier alpha value is -4.66. The summed E-state index contributed by atoms with van der Waals surface area (Å²) in [6.45, 7) is 2.17. The van der Waals surface area contributed by atoms with Gasteiger partial charge in [0, 0.05) is 12.6 Å². The summed E-state index contributed by atoms with van der Waals surface area (Å²) in [7, 11) is 1.74. The molecule has 4 aromatic heterocycles. The molecule has 12 heteroatoms. The van der Waals surface area contributed by atoms with Crippen molar-refractivity contribution in [2.24, 2.45) is 7.05 Å². The number of tetrazole rings is 1. The number of aryl methyl sites for hydroxylation is 1. The fraction of sp³-hybridized carbons (Fsp3) is 0.190. The van der Waals surface area contributed by atoms with Gasteiger partial charge in [-0.15, -0.1) is 5.10 Å². The number of fused-ring (bicyclic) bond motifs is 1. The van der Waals surface area contributed by atoms with Gasteiger partial charge in [-0.3, -0.25) is 4.57 Å². The number of hydrogen-bond acceptors (Lipinski definition) is 8. The number of benzene rings is 1. The minimum Gasteiger partial charge on any atom is -0.486 e. The summed E-state index contributed by atoms with van der Waals surface area (Å²) >= 11 is 0. The lowest BCUT2D eigenvalue weighted by atomic mass is 10.1. The largest absolute Gasteiger partial charge is 0.486 e. The number of halogens is 1. The van der Waals surface area contributed by atoms with E-state index in [-0.39, 0.29) is 11.9 Å². The van der Waals surface area contributed by atoms with Gasteiger partial charge in [-0.1, -0.05) is 0 Å². The average molecular weight is 444 g/mol. The maximum atomic E-state index is 14.5. The Labute approximate surface area is 186 Å². The maximum absolute atomic E-state index is 14.5. The molecule has 164 valence electrons. The maximum Gasteiger partial charge on any atom is 0.176 e. The SMILES string of the molecule is C[C@@H](Cn1cnnn1)Oc1cc(-c2ccc3ncn(-c4ncn(C)c4C#N)c3n2)ccc1F. The molecular formula is C21H17FN10O. The van der Waals surface area contributed by atoms with Crippen LogP contribution in [0, 0.1) is 17.1 Å². The molecule has 0 aliphatic heterocycles. The summed E-state index contributed by atoms with van der Waals surface area (Å²) in [6, 6.07) is 10.3. The Bertz CT molecular complexity index is 1480. The van der Waals surface area contributed by atoms with Crippen molar-refractivity contribution in [3.8, 4) is 28.9 Å². The molecule has 0 bridgehead atoms. The summed E-state index contributed by atoms with van der Waals surface area (Å²) < 4.78 is 25.0. The Balaban J connectivity index is 1.49. The third-order valence-electron chi connectivity index (χ3n) is 5.04. The van der Waals surface area contributed by atoms with Gasteiger partial charge < -0.3 is 9.30 Å². The molecule has 33 heavy (non-hydrogen) atoms. The van der Waals surface area contributed by atoms with E-state index in [0.717, 1.165) is 0 Å². The molecule has 0 radical (unpaired) electrons. The van der Waals surface area contributed by atoms with Gasteiger partial charge in [-0.2, -0.15) is 5.26 Å². The Morgan fingerprint density at radius 3 is 2.82 bits per heavy atom. The number of rotatable bonds is 6. The van der Waals surface area contributed by atoms with Crippen LogP contribution in [-0.4, -0.2) is 50.4 Å². The fourth-order valence-electron chi connectivity index (χ4n) is 3.47. The minimum atomic E-state index is -0.486. The Morgan fingerprint density at radius 2 is 2.03 bits per heavy atom. The molecular weight excluding hydrogens is 427 g/mol. The van der Waals surface area contributed by atoms with Gasteiger partial charge in [0.15, 0.2) is 28.7 Å². The van der Waals surface area contributed by atoms with Crippen LogP contribution < -0.4 is 4.74 Å². The number of hydrogen-bond donors (Lipinski definition) is 0. The monoisotopic (exact) mass is 444 g/mol. The number of ether oxygens (including phenoxy) is 1. The fourth-order valence-corrected chi connectivity index (χ4v) is 3.47. The highest BCUT2D eigenvalue weighted by molar-refractivity contribution is 5.77. The third kappa shape index (κ3) is 3.76. The second-order valence-electron chi connectivity index (χ2n) is 7.40. The van der Waals surface area contributed by atoms with E-state index in [0.29, 0.717) is 40.5 Å². The van der Waals surface area contributed by atoms with Crippen molar-refractivity contribution < 1.29 is 9.13 Å². The molecule has 5 aromatic rings. The second kappa shape index (κ2) is 8.12. The van der Waals surface area contributed by atoms with E-state index >= 15 is 0 Å². The van der Waals surface area contributed by atoms with Crippen LogP contribution in [0.1, 0.15) is 12.6 Å². The molecule has 1 aromatic carbocycles. The van der Waals surface area contributed by atoms with Crippen molar-refractivity contribution in [2.45, 2.75) is 19.6 Å². The first kappa shape index (κ1) is 20.3. The smallest absolute Gasteiger partial charge is 0.176 e. The van der Waals surface area contributed by atoms with Crippen molar-refractivity contribution >= 4 is 11.2 Å². The highest BCUT2D eigenvalue weighted by atomic mass is 19.1. The third-order valence-corrected chi connectivity index (χ3v) is 5.04. The lowest BCUT2D eigenvalue weighted by Gasteiger charge is -2.15. The molecule has 0 spiro atoms. The molecule has 0 unspecified atom stereocenters. The Kier molecular flexibility index (Phi) is 4.98. The molecule has 0 N–H and O–H groups in total. The predicted molar refractivity (Wildman–Crippen MR) is 114 cm³/mol. The van der Waals surface area contributed by atoms with Crippen LogP contribution in [0.15, 0.2) is 49.3 Å². The van der Waals surface area contributed by atoms with Crippen LogP contribution >= 0.6 is 0 Å².